The third-order valence-corrected chi connectivity index (χ3v) is 2.42. The van der Waals surface area contributed by atoms with Crippen molar-refractivity contribution in [1.82, 2.24) is 4.98 Å². The third-order valence-electron chi connectivity index (χ3n) is 2.42. The molecule has 0 radical (unpaired) electrons. The van der Waals surface area contributed by atoms with Crippen molar-refractivity contribution in [2.75, 3.05) is 5.32 Å². The zero-order chi connectivity index (χ0) is 13.8. The Morgan fingerprint density at radius 2 is 1.74 bits per heavy atom. The summed E-state index contributed by atoms with van der Waals surface area (Å²) in [6.45, 7) is 0. The van der Waals surface area contributed by atoms with E-state index in [0.717, 1.165) is 0 Å². The molecular formula is C13H10N2O4. The molecule has 1 amide bonds. The number of benzene rings is 1. The van der Waals surface area contributed by atoms with E-state index in [4.69, 9.17) is 5.11 Å². The predicted molar refractivity (Wildman–Crippen MR) is 67.3 cm³/mol. The van der Waals surface area contributed by atoms with E-state index in [9.17, 15) is 14.7 Å². The van der Waals surface area contributed by atoms with Crippen molar-refractivity contribution >= 4 is 17.7 Å². The van der Waals surface area contributed by atoms with E-state index in [0.29, 0.717) is 0 Å². The zero-order valence-electron chi connectivity index (χ0n) is 9.70. The first kappa shape index (κ1) is 12.6. The fourth-order valence-electron chi connectivity index (χ4n) is 1.52. The molecule has 3 N–H and O–H groups in total. The first-order valence-electron chi connectivity index (χ1n) is 5.37. The highest BCUT2D eigenvalue weighted by atomic mass is 16.4. The van der Waals surface area contributed by atoms with Gasteiger partial charge in [0, 0.05) is 6.20 Å². The summed E-state index contributed by atoms with van der Waals surface area (Å²) in [6, 6.07) is 8.75. The summed E-state index contributed by atoms with van der Waals surface area (Å²) in [4.78, 5) is 26.7. The number of aromatic nitrogens is 1. The van der Waals surface area contributed by atoms with Gasteiger partial charge >= 0.3 is 5.97 Å². The van der Waals surface area contributed by atoms with Crippen molar-refractivity contribution in [3.05, 3.63) is 53.7 Å². The standard InChI is InChI=1S/C13H10N2O4/c16-10-6-2-1-4-8(10)12(17)15-11-9(13(18)19)5-3-7-14-11/h1-7,16H,(H,18,19)(H,14,15,17). The topological polar surface area (TPSA) is 99.5 Å². The molecule has 0 atom stereocenters. The van der Waals surface area contributed by atoms with Crippen molar-refractivity contribution in [3.8, 4) is 5.75 Å². The number of hydrogen-bond donors (Lipinski definition) is 3. The van der Waals surface area contributed by atoms with Gasteiger partial charge in [-0.2, -0.15) is 0 Å². The fraction of sp³-hybridized carbons (Fsp3) is 0. The highest BCUT2D eigenvalue weighted by molar-refractivity contribution is 6.08. The summed E-state index contributed by atoms with van der Waals surface area (Å²) in [5, 5.41) is 20.9. The second kappa shape index (κ2) is 5.18. The molecule has 0 unspecified atom stereocenters. The molecular weight excluding hydrogens is 248 g/mol. The van der Waals surface area contributed by atoms with Gasteiger partial charge in [-0.15, -0.1) is 0 Å². The molecule has 0 saturated heterocycles. The maximum Gasteiger partial charge on any atom is 0.339 e. The lowest BCUT2D eigenvalue weighted by Gasteiger charge is -2.07. The Labute approximate surface area is 108 Å². The number of amides is 1. The number of phenolic OH excluding ortho intramolecular Hbond substituents is 1. The van der Waals surface area contributed by atoms with Crippen LogP contribution in [0, 0.1) is 0 Å². The van der Waals surface area contributed by atoms with Gasteiger partial charge in [0.05, 0.1) is 5.56 Å². The number of nitrogens with zero attached hydrogens (tertiary/aromatic N) is 1. The fourth-order valence-corrected chi connectivity index (χ4v) is 1.52. The molecule has 1 aromatic carbocycles. The molecule has 0 aliphatic rings. The van der Waals surface area contributed by atoms with Gasteiger partial charge in [-0.3, -0.25) is 4.79 Å². The van der Waals surface area contributed by atoms with E-state index in [1.54, 1.807) is 12.1 Å². The molecule has 0 fully saturated rings. The number of anilines is 1. The number of carbonyl (C=O) groups is 2. The Hall–Kier alpha value is -2.89. The second-order valence-electron chi connectivity index (χ2n) is 3.68. The SMILES string of the molecule is O=C(Nc1ncccc1C(=O)O)c1ccccc1O. The lowest BCUT2D eigenvalue weighted by atomic mass is 10.2. The molecule has 6 heteroatoms. The highest BCUT2D eigenvalue weighted by Gasteiger charge is 2.16. The van der Waals surface area contributed by atoms with Crippen molar-refractivity contribution in [1.29, 1.82) is 0 Å². The molecule has 0 bridgehead atoms. The van der Waals surface area contributed by atoms with Crippen LogP contribution in [0.3, 0.4) is 0 Å². The van der Waals surface area contributed by atoms with Gasteiger partial charge in [-0.1, -0.05) is 12.1 Å². The number of para-hydroxylation sites is 1. The summed E-state index contributed by atoms with van der Waals surface area (Å²) < 4.78 is 0. The van der Waals surface area contributed by atoms with Crippen LogP contribution in [0.2, 0.25) is 0 Å². The molecule has 0 spiro atoms. The summed E-state index contributed by atoms with van der Waals surface area (Å²) >= 11 is 0. The lowest BCUT2D eigenvalue weighted by molar-refractivity contribution is 0.0697. The van der Waals surface area contributed by atoms with Crippen LogP contribution in [-0.4, -0.2) is 27.1 Å². The molecule has 19 heavy (non-hydrogen) atoms. The Balaban J connectivity index is 2.30. The van der Waals surface area contributed by atoms with Crippen LogP contribution >= 0.6 is 0 Å². The Kier molecular flexibility index (Phi) is 3.42. The number of carbonyl (C=O) groups excluding carboxylic acids is 1. The monoisotopic (exact) mass is 258 g/mol. The van der Waals surface area contributed by atoms with E-state index >= 15 is 0 Å². The number of phenols is 1. The number of nitrogens with one attached hydrogen (secondary N) is 1. The minimum Gasteiger partial charge on any atom is -0.507 e. The molecule has 96 valence electrons. The van der Waals surface area contributed by atoms with Crippen molar-refractivity contribution < 1.29 is 19.8 Å². The first-order chi connectivity index (χ1) is 9.09. The van der Waals surface area contributed by atoms with Gasteiger partial charge in [0.2, 0.25) is 0 Å². The smallest absolute Gasteiger partial charge is 0.339 e. The summed E-state index contributed by atoms with van der Waals surface area (Å²) in [5.74, 6) is -2.07. The Morgan fingerprint density at radius 1 is 1.05 bits per heavy atom. The number of aromatic carboxylic acids is 1. The van der Waals surface area contributed by atoms with Crippen molar-refractivity contribution in [2.45, 2.75) is 0 Å². The number of rotatable bonds is 3. The van der Waals surface area contributed by atoms with Crippen LogP contribution in [0.1, 0.15) is 20.7 Å². The van der Waals surface area contributed by atoms with Crippen LogP contribution < -0.4 is 5.32 Å². The number of carboxylic acid groups (broad SMARTS) is 1. The normalized spacial score (nSPS) is 9.89. The number of carboxylic acids is 1. The predicted octanol–water partition coefficient (Wildman–Crippen LogP) is 1.74. The average molecular weight is 258 g/mol. The molecule has 0 aliphatic heterocycles. The maximum atomic E-state index is 11.9. The van der Waals surface area contributed by atoms with Gasteiger partial charge in [0.1, 0.15) is 17.1 Å². The molecule has 2 aromatic rings. The molecule has 1 aromatic heterocycles. The van der Waals surface area contributed by atoms with Crippen LogP contribution in [0.5, 0.6) is 5.75 Å². The molecule has 2 rings (SSSR count). The lowest BCUT2D eigenvalue weighted by Crippen LogP contribution is -2.16. The van der Waals surface area contributed by atoms with Crippen LogP contribution in [0.25, 0.3) is 0 Å². The van der Waals surface area contributed by atoms with Crippen molar-refractivity contribution in [2.24, 2.45) is 0 Å². The second-order valence-corrected chi connectivity index (χ2v) is 3.68. The van der Waals surface area contributed by atoms with E-state index in [2.05, 4.69) is 10.3 Å². The van der Waals surface area contributed by atoms with Crippen LogP contribution in [0.15, 0.2) is 42.6 Å². The van der Waals surface area contributed by atoms with Gasteiger partial charge in [-0.05, 0) is 24.3 Å². The minimum absolute atomic E-state index is 0.0458. The van der Waals surface area contributed by atoms with Crippen LogP contribution in [0.4, 0.5) is 5.82 Å². The van der Waals surface area contributed by atoms with Gasteiger partial charge < -0.3 is 15.5 Å². The van der Waals surface area contributed by atoms with E-state index < -0.39 is 11.9 Å². The zero-order valence-corrected chi connectivity index (χ0v) is 9.70. The van der Waals surface area contributed by atoms with E-state index in [1.807, 2.05) is 0 Å². The first-order valence-corrected chi connectivity index (χ1v) is 5.37. The van der Waals surface area contributed by atoms with Crippen LogP contribution in [-0.2, 0) is 0 Å². The van der Waals surface area contributed by atoms with Gasteiger partial charge in [0.25, 0.3) is 5.91 Å². The quantitative estimate of drug-likeness (QED) is 0.778. The Morgan fingerprint density at radius 3 is 2.42 bits per heavy atom. The van der Waals surface area contributed by atoms with Crippen molar-refractivity contribution in [3.63, 3.8) is 0 Å². The molecule has 6 nitrogen and oxygen atoms in total. The molecule has 1 heterocycles. The summed E-state index contributed by atoms with van der Waals surface area (Å²) in [7, 11) is 0. The molecule has 0 aliphatic carbocycles. The Bertz CT molecular complexity index is 640. The number of aromatic hydroxyl groups is 1. The maximum absolute atomic E-state index is 11.9. The van der Waals surface area contributed by atoms with E-state index in [1.165, 1.54) is 30.5 Å². The third kappa shape index (κ3) is 2.68. The van der Waals surface area contributed by atoms with Gasteiger partial charge in [-0.25, -0.2) is 9.78 Å². The minimum atomic E-state index is -1.19. The largest absolute Gasteiger partial charge is 0.507 e. The summed E-state index contributed by atoms with van der Waals surface area (Å²) in [6.07, 6.45) is 1.37. The van der Waals surface area contributed by atoms with Gasteiger partial charge in [0.15, 0.2) is 0 Å². The number of pyridine rings is 1. The highest BCUT2D eigenvalue weighted by Crippen LogP contribution is 2.18. The summed E-state index contributed by atoms with van der Waals surface area (Å²) in [5.41, 5.74) is -0.0734. The molecule has 0 saturated carbocycles. The number of hydrogen-bond acceptors (Lipinski definition) is 4. The average Bonchev–Trinajstić information content (AvgIpc) is 2.39. The van der Waals surface area contributed by atoms with E-state index in [-0.39, 0.29) is 22.7 Å².